The molecule has 1 aliphatic rings. The Morgan fingerprint density at radius 1 is 1.16 bits per heavy atom. The summed E-state index contributed by atoms with van der Waals surface area (Å²) in [4.78, 5) is 14.8. The molecule has 1 aliphatic heterocycles. The van der Waals surface area contributed by atoms with Gasteiger partial charge in [-0.15, -0.1) is 6.58 Å². The Kier molecular flexibility index (Phi) is 8.65. The predicted octanol–water partition coefficient (Wildman–Crippen LogP) is 6.92. The Morgan fingerprint density at radius 3 is 2.56 bits per heavy atom. The number of rotatable bonds is 9. The molecular formula is C24H23Cl2NO3S2. The molecule has 0 aliphatic carbocycles. The summed E-state index contributed by atoms with van der Waals surface area (Å²) in [6, 6.07) is 9.24. The van der Waals surface area contributed by atoms with Crippen LogP contribution in [0.5, 0.6) is 11.5 Å². The van der Waals surface area contributed by atoms with Crippen LogP contribution in [0, 0.1) is 0 Å². The van der Waals surface area contributed by atoms with E-state index in [2.05, 4.69) is 6.58 Å². The van der Waals surface area contributed by atoms with Crippen molar-refractivity contribution in [2.75, 3.05) is 13.2 Å². The normalized spacial score (nSPS) is 14.9. The van der Waals surface area contributed by atoms with Crippen molar-refractivity contribution < 1.29 is 14.3 Å². The van der Waals surface area contributed by atoms with Gasteiger partial charge in [0.15, 0.2) is 11.5 Å². The fourth-order valence-electron chi connectivity index (χ4n) is 3.21. The second-order valence-electron chi connectivity index (χ2n) is 6.90. The summed E-state index contributed by atoms with van der Waals surface area (Å²) in [5.41, 5.74) is 2.63. The Balaban J connectivity index is 1.95. The number of carbonyl (C=O) groups is 1. The van der Waals surface area contributed by atoms with E-state index in [9.17, 15) is 4.79 Å². The van der Waals surface area contributed by atoms with Gasteiger partial charge in [0.05, 0.1) is 21.6 Å². The standard InChI is InChI=1S/C24H23Cl2NO3S2/c1-4-7-17-10-16(13-21-23(28)27(5-2)24(31)32-21)12-20(29-6-3)22(17)30-14-15-8-9-18(25)19(26)11-15/h4,8-13H,1,5-7,14H2,2-3H3/b21-13-. The highest BCUT2D eigenvalue weighted by Gasteiger charge is 2.30. The molecule has 0 bridgehead atoms. The third-order valence-corrected chi connectivity index (χ3v) is 6.79. The number of ether oxygens (including phenoxy) is 2. The molecule has 0 atom stereocenters. The van der Waals surface area contributed by atoms with Crippen LogP contribution in [0.25, 0.3) is 6.08 Å². The van der Waals surface area contributed by atoms with Gasteiger partial charge < -0.3 is 9.47 Å². The van der Waals surface area contributed by atoms with Gasteiger partial charge in [-0.05, 0) is 61.7 Å². The lowest BCUT2D eigenvalue weighted by Crippen LogP contribution is -2.27. The average molecular weight is 508 g/mol. The van der Waals surface area contributed by atoms with Crippen LogP contribution >= 0.6 is 47.2 Å². The Hall–Kier alpha value is -1.99. The van der Waals surface area contributed by atoms with Crippen LogP contribution in [0.1, 0.15) is 30.5 Å². The number of carbonyl (C=O) groups excluding carboxylic acids is 1. The third-order valence-electron chi connectivity index (χ3n) is 4.67. The number of likely N-dealkylation sites (N-methyl/N-ethyl adjacent to an activating group) is 1. The van der Waals surface area contributed by atoms with Crippen molar-refractivity contribution in [2.45, 2.75) is 26.9 Å². The van der Waals surface area contributed by atoms with Crippen molar-refractivity contribution in [1.29, 1.82) is 0 Å². The van der Waals surface area contributed by atoms with E-state index < -0.39 is 0 Å². The van der Waals surface area contributed by atoms with E-state index in [1.54, 1.807) is 23.1 Å². The first kappa shape index (κ1) is 24.6. The first-order valence-electron chi connectivity index (χ1n) is 10.1. The van der Waals surface area contributed by atoms with Crippen molar-refractivity contribution in [1.82, 2.24) is 4.90 Å². The van der Waals surface area contributed by atoms with Crippen LogP contribution in [0.4, 0.5) is 0 Å². The second-order valence-corrected chi connectivity index (χ2v) is 9.39. The highest BCUT2D eigenvalue weighted by Crippen LogP contribution is 2.38. The van der Waals surface area contributed by atoms with Crippen LogP contribution in [0.2, 0.25) is 10.0 Å². The molecule has 8 heteroatoms. The van der Waals surface area contributed by atoms with Crippen LogP contribution in [0.15, 0.2) is 47.9 Å². The summed E-state index contributed by atoms with van der Waals surface area (Å²) in [5.74, 6) is 1.16. The van der Waals surface area contributed by atoms with Crippen LogP contribution in [-0.4, -0.2) is 28.3 Å². The Morgan fingerprint density at radius 2 is 1.94 bits per heavy atom. The number of thioether (sulfide) groups is 1. The molecule has 1 saturated heterocycles. The molecule has 0 N–H and O–H groups in total. The number of hydrogen-bond donors (Lipinski definition) is 0. The molecule has 32 heavy (non-hydrogen) atoms. The number of halogens is 2. The summed E-state index contributed by atoms with van der Waals surface area (Å²) < 4.78 is 12.6. The fourth-order valence-corrected chi connectivity index (χ4v) is 4.91. The van der Waals surface area contributed by atoms with Gasteiger partial charge in [0.1, 0.15) is 10.9 Å². The molecule has 0 aromatic heterocycles. The molecule has 2 aromatic rings. The lowest BCUT2D eigenvalue weighted by atomic mass is 10.0. The van der Waals surface area contributed by atoms with Crippen LogP contribution in [-0.2, 0) is 17.8 Å². The average Bonchev–Trinajstić information content (AvgIpc) is 3.02. The summed E-state index contributed by atoms with van der Waals surface area (Å²) >= 11 is 18.8. The number of nitrogens with zero attached hydrogens (tertiary/aromatic N) is 1. The Bertz CT molecular complexity index is 1090. The highest BCUT2D eigenvalue weighted by atomic mass is 35.5. The predicted molar refractivity (Wildman–Crippen MR) is 138 cm³/mol. The monoisotopic (exact) mass is 507 g/mol. The quantitative estimate of drug-likeness (QED) is 0.209. The van der Waals surface area contributed by atoms with Crippen molar-refractivity contribution >= 4 is 63.5 Å². The molecule has 0 unspecified atom stereocenters. The molecule has 0 saturated carbocycles. The van der Waals surface area contributed by atoms with Crippen molar-refractivity contribution in [2.24, 2.45) is 0 Å². The summed E-state index contributed by atoms with van der Waals surface area (Å²) in [6.45, 7) is 9.00. The van der Waals surface area contributed by atoms with Gasteiger partial charge in [-0.3, -0.25) is 9.69 Å². The molecule has 2 aromatic carbocycles. The summed E-state index contributed by atoms with van der Waals surface area (Å²) in [5, 5.41) is 0.972. The van der Waals surface area contributed by atoms with E-state index in [-0.39, 0.29) is 5.91 Å². The minimum absolute atomic E-state index is 0.0781. The topological polar surface area (TPSA) is 38.8 Å². The van der Waals surface area contributed by atoms with E-state index in [0.29, 0.717) is 56.9 Å². The first-order valence-corrected chi connectivity index (χ1v) is 12.1. The van der Waals surface area contributed by atoms with Gasteiger partial charge in [0, 0.05) is 12.1 Å². The van der Waals surface area contributed by atoms with E-state index in [4.69, 9.17) is 44.9 Å². The maximum Gasteiger partial charge on any atom is 0.266 e. The van der Waals surface area contributed by atoms with Gasteiger partial charge in [-0.1, -0.05) is 59.3 Å². The largest absolute Gasteiger partial charge is 0.490 e. The second kappa shape index (κ2) is 11.2. The molecular weight excluding hydrogens is 485 g/mol. The van der Waals surface area contributed by atoms with Gasteiger partial charge >= 0.3 is 0 Å². The zero-order chi connectivity index (χ0) is 23.3. The van der Waals surface area contributed by atoms with Gasteiger partial charge in [-0.25, -0.2) is 0 Å². The van der Waals surface area contributed by atoms with Gasteiger partial charge in [-0.2, -0.15) is 0 Å². The SMILES string of the molecule is C=CCc1cc(/C=C2\SC(=S)N(CC)C2=O)cc(OCC)c1OCc1ccc(Cl)c(Cl)c1. The van der Waals surface area contributed by atoms with Crippen LogP contribution < -0.4 is 9.47 Å². The molecule has 3 rings (SSSR count). The fraction of sp³-hybridized carbons (Fsp3) is 0.250. The first-order chi connectivity index (χ1) is 15.4. The third kappa shape index (κ3) is 5.67. The molecule has 4 nitrogen and oxygen atoms in total. The Labute approximate surface area is 208 Å². The summed E-state index contributed by atoms with van der Waals surface area (Å²) in [6.07, 6.45) is 4.22. The zero-order valence-electron chi connectivity index (χ0n) is 17.8. The van der Waals surface area contributed by atoms with E-state index in [1.165, 1.54) is 11.8 Å². The molecule has 1 heterocycles. The summed E-state index contributed by atoms with van der Waals surface area (Å²) in [7, 11) is 0. The lowest BCUT2D eigenvalue weighted by Gasteiger charge is -2.17. The molecule has 0 radical (unpaired) electrons. The minimum Gasteiger partial charge on any atom is -0.490 e. The maximum atomic E-state index is 12.6. The maximum absolute atomic E-state index is 12.6. The smallest absolute Gasteiger partial charge is 0.266 e. The van der Waals surface area contributed by atoms with Gasteiger partial charge in [0.2, 0.25) is 0 Å². The van der Waals surface area contributed by atoms with E-state index in [1.807, 2.05) is 38.1 Å². The highest BCUT2D eigenvalue weighted by molar-refractivity contribution is 8.26. The number of amides is 1. The molecule has 1 amide bonds. The number of allylic oxidation sites excluding steroid dienone is 1. The number of hydrogen-bond acceptors (Lipinski definition) is 5. The lowest BCUT2D eigenvalue weighted by molar-refractivity contribution is -0.121. The molecule has 1 fully saturated rings. The van der Waals surface area contributed by atoms with Crippen LogP contribution in [0.3, 0.4) is 0 Å². The molecule has 168 valence electrons. The van der Waals surface area contributed by atoms with Crippen molar-refractivity contribution in [3.63, 3.8) is 0 Å². The number of thiocarbonyl (C=S) groups is 1. The number of benzene rings is 2. The van der Waals surface area contributed by atoms with Crippen molar-refractivity contribution in [3.05, 3.63) is 74.6 Å². The van der Waals surface area contributed by atoms with E-state index >= 15 is 0 Å². The molecule has 0 spiro atoms. The zero-order valence-corrected chi connectivity index (χ0v) is 21.0. The minimum atomic E-state index is -0.0781. The van der Waals surface area contributed by atoms with Gasteiger partial charge in [0.25, 0.3) is 5.91 Å². The van der Waals surface area contributed by atoms with Crippen molar-refractivity contribution in [3.8, 4) is 11.5 Å². The van der Waals surface area contributed by atoms with E-state index in [0.717, 1.165) is 16.7 Å².